The van der Waals surface area contributed by atoms with Gasteiger partial charge >= 0.3 is 0 Å². The Morgan fingerprint density at radius 1 is 1.47 bits per heavy atom. The second-order valence-corrected chi connectivity index (χ2v) is 5.35. The van der Waals surface area contributed by atoms with Crippen molar-refractivity contribution in [3.05, 3.63) is 27.6 Å². The number of hydrogen-bond acceptors (Lipinski definition) is 3. The maximum Gasteiger partial charge on any atom is 0.222 e. The van der Waals surface area contributed by atoms with E-state index in [0.29, 0.717) is 17.8 Å². The first-order valence-electron chi connectivity index (χ1n) is 5.38. The quantitative estimate of drug-likeness (QED) is 0.865. The first-order chi connectivity index (χ1) is 8.04. The van der Waals surface area contributed by atoms with E-state index in [4.69, 9.17) is 0 Å². The van der Waals surface area contributed by atoms with Crippen molar-refractivity contribution in [2.24, 2.45) is 11.1 Å². The Labute approximate surface area is 107 Å². The van der Waals surface area contributed by atoms with E-state index in [-0.39, 0.29) is 11.6 Å². The summed E-state index contributed by atoms with van der Waals surface area (Å²) in [5.74, 6) is 0.321. The summed E-state index contributed by atoms with van der Waals surface area (Å²) in [6, 6.07) is 5.55. The zero-order valence-electron chi connectivity index (χ0n) is 9.64. The summed E-state index contributed by atoms with van der Waals surface area (Å²) in [7, 11) is 0. The highest BCUT2D eigenvalue weighted by Gasteiger charge is 2.18. The summed E-state index contributed by atoms with van der Waals surface area (Å²) in [6.07, 6.45) is 0. The van der Waals surface area contributed by atoms with Gasteiger partial charge in [-0.2, -0.15) is 0 Å². The Morgan fingerprint density at radius 3 is 2.76 bits per heavy atom. The summed E-state index contributed by atoms with van der Waals surface area (Å²) < 4.78 is 2.58. The smallest absolute Gasteiger partial charge is 0.222 e. The van der Waals surface area contributed by atoms with Crippen molar-refractivity contribution < 1.29 is 5.11 Å². The van der Waals surface area contributed by atoms with Crippen molar-refractivity contribution in [3.8, 4) is 5.88 Å². The van der Waals surface area contributed by atoms with Gasteiger partial charge in [0.05, 0.1) is 5.52 Å². The predicted molar refractivity (Wildman–Crippen MR) is 71.6 cm³/mol. The van der Waals surface area contributed by atoms with Crippen LogP contribution in [0.15, 0.2) is 27.8 Å². The van der Waals surface area contributed by atoms with Gasteiger partial charge in [-0.3, -0.25) is 0 Å². The van der Waals surface area contributed by atoms with Gasteiger partial charge in [-0.15, -0.1) is 4.91 Å². The van der Waals surface area contributed by atoms with Crippen molar-refractivity contribution in [2.75, 3.05) is 0 Å². The van der Waals surface area contributed by atoms with Gasteiger partial charge in [-0.25, -0.2) is 0 Å². The molecule has 2 rings (SSSR count). The van der Waals surface area contributed by atoms with Crippen LogP contribution in [0.4, 0.5) is 5.69 Å². The zero-order valence-corrected chi connectivity index (χ0v) is 11.2. The van der Waals surface area contributed by atoms with Gasteiger partial charge in [0.25, 0.3) is 0 Å². The van der Waals surface area contributed by atoms with Crippen LogP contribution in [-0.2, 0) is 6.54 Å². The minimum absolute atomic E-state index is 0.0539. The SMILES string of the molecule is CC(C)Cn1c(O)c(N=O)c2cc(Br)ccc21. The minimum Gasteiger partial charge on any atom is -0.493 e. The van der Waals surface area contributed by atoms with E-state index >= 15 is 0 Å². The number of halogens is 1. The lowest BCUT2D eigenvalue weighted by Crippen LogP contribution is -2.03. The van der Waals surface area contributed by atoms with Crippen LogP contribution in [-0.4, -0.2) is 9.67 Å². The fraction of sp³-hybridized carbons (Fsp3) is 0.333. The molecule has 4 nitrogen and oxygen atoms in total. The number of aromatic nitrogens is 1. The van der Waals surface area contributed by atoms with E-state index in [1.807, 2.05) is 12.1 Å². The highest BCUT2D eigenvalue weighted by molar-refractivity contribution is 9.10. The third kappa shape index (κ3) is 2.07. The average Bonchev–Trinajstić information content (AvgIpc) is 2.50. The molecule has 1 heterocycles. The molecule has 17 heavy (non-hydrogen) atoms. The van der Waals surface area contributed by atoms with Gasteiger partial charge in [-0.05, 0) is 29.3 Å². The van der Waals surface area contributed by atoms with Crippen LogP contribution in [0.5, 0.6) is 5.88 Å². The molecule has 0 saturated carbocycles. The molecule has 1 aromatic carbocycles. The van der Waals surface area contributed by atoms with Crippen LogP contribution in [0.2, 0.25) is 0 Å². The number of nitrogens with zero attached hydrogens (tertiary/aromatic N) is 2. The van der Waals surface area contributed by atoms with Crippen LogP contribution in [0.25, 0.3) is 10.9 Å². The van der Waals surface area contributed by atoms with Crippen molar-refractivity contribution >= 4 is 32.5 Å². The summed E-state index contributed by atoms with van der Waals surface area (Å²) in [6.45, 7) is 4.76. The van der Waals surface area contributed by atoms with E-state index in [0.717, 1.165) is 9.99 Å². The third-order valence-electron chi connectivity index (χ3n) is 2.61. The molecule has 1 aromatic heterocycles. The Balaban J connectivity index is 2.75. The van der Waals surface area contributed by atoms with Gasteiger partial charge < -0.3 is 9.67 Å². The predicted octanol–water partition coefficient (Wildman–Crippen LogP) is 4.16. The molecular weight excluding hydrogens is 284 g/mol. The normalized spacial score (nSPS) is 11.3. The van der Waals surface area contributed by atoms with Crippen LogP contribution >= 0.6 is 15.9 Å². The van der Waals surface area contributed by atoms with E-state index in [9.17, 15) is 10.0 Å². The molecule has 0 bridgehead atoms. The van der Waals surface area contributed by atoms with Gasteiger partial charge in [0.15, 0.2) is 5.69 Å². The van der Waals surface area contributed by atoms with E-state index in [1.54, 1.807) is 10.6 Å². The standard InChI is InChI=1S/C12H13BrN2O2/c1-7(2)6-15-10-4-3-8(13)5-9(10)11(14-17)12(15)16/h3-5,7,16H,6H2,1-2H3. The number of rotatable bonds is 3. The zero-order chi connectivity index (χ0) is 12.6. The molecule has 0 unspecified atom stereocenters. The molecule has 0 aliphatic heterocycles. The Morgan fingerprint density at radius 2 is 2.18 bits per heavy atom. The highest BCUT2D eigenvalue weighted by Crippen LogP contribution is 2.39. The summed E-state index contributed by atoms with van der Waals surface area (Å²) in [5.41, 5.74) is 0.941. The van der Waals surface area contributed by atoms with Gasteiger partial charge in [0.1, 0.15) is 0 Å². The van der Waals surface area contributed by atoms with Crippen LogP contribution in [0.1, 0.15) is 13.8 Å². The molecule has 0 saturated heterocycles. The molecule has 0 aliphatic carbocycles. The Kier molecular flexibility index (Phi) is 3.19. The van der Waals surface area contributed by atoms with Crippen molar-refractivity contribution in [3.63, 3.8) is 0 Å². The molecule has 5 heteroatoms. The highest BCUT2D eigenvalue weighted by atomic mass is 79.9. The minimum atomic E-state index is -0.0539. The molecule has 0 radical (unpaired) electrons. The molecular formula is C12H13BrN2O2. The number of aromatic hydroxyl groups is 1. The fourth-order valence-corrected chi connectivity index (χ4v) is 2.30. The van der Waals surface area contributed by atoms with E-state index in [2.05, 4.69) is 35.0 Å². The second-order valence-electron chi connectivity index (χ2n) is 4.43. The molecule has 0 atom stereocenters. The molecule has 0 spiro atoms. The fourth-order valence-electron chi connectivity index (χ4n) is 1.94. The van der Waals surface area contributed by atoms with E-state index < -0.39 is 0 Å². The summed E-state index contributed by atoms with van der Waals surface area (Å²) in [4.78, 5) is 10.8. The number of fused-ring (bicyclic) bond motifs is 1. The van der Waals surface area contributed by atoms with Crippen LogP contribution in [0, 0.1) is 10.8 Å². The molecule has 90 valence electrons. The molecule has 1 N–H and O–H groups in total. The maximum atomic E-state index is 10.8. The Bertz CT molecular complexity index is 575. The topological polar surface area (TPSA) is 54.6 Å². The monoisotopic (exact) mass is 296 g/mol. The lowest BCUT2D eigenvalue weighted by atomic mass is 10.2. The van der Waals surface area contributed by atoms with Crippen LogP contribution in [0.3, 0.4) is 0 Å². The van der Waals surface area contributed by atoms with Crippen molar-refractivity contribution in [2.45, 2.75) is 20.4 Å². The van der Waals surface area contributed by atoms with Gasteiger partial charge in [-0.1, -0.05) is 29.8 Å². The lowest BCUT2D eigenvalue weighted by Gasteiger charge is -2.09. The molecule has 0 amide bonds. The lowest BCUT2D eigenvalue weighted by molar-refractivity contribution is 0.401. The van der Waals surface area contributed by atoms with Crippen molar-refractivity contribution in [1.82, 2.24) is 4.57 Å². The van der Waals surface area contributed by atoms with E-state index in [1.165, 1.54) is 0 Å². The first-order valence-corrected chi connectivity index (χ1v) is 6.18. The number of nitroso groups, excluding NO2 is 1. The van der Waals surface area contributed by atoms with Crippen LogP contribution < -0.4 is 0 Å². The van der Waals surface area contributed by atoms with Crippen molar-refractivity contribution in [1.29, 1.82) is 0 Å². The molecule has 0 aliphatic rings. The maximum absolute atomic E-state index is 10.8. The Hall–Kier alpha value is -1.36. The van der Waals surface area contributed by atoms with Gasteiger partial charge in [0.2, 0.25) is 5.88 Å². The summed E-state index contributed by atoms with van der Waals surface area (Å²) >= 11 is 3.35. The largest absolute Gasteiger partial charge is 0.493 e. The number of benzene rings is 1. The first kappa shape index (κ1) is 12.1. The second kappa shape index (κ2) is 4.49. The molecule has 2 aromatic rings. The summed E-state index contributed by atoms with van der Waals surface area (Å²) in [5, 5.41) is 13.6. The van der Waals surface area contributed by atoms with Gasteiger partial charge in [0, 0.05) is 16.4 Å². The average molecular weight is 297 g/mol. The third-order valence-corrected chi connectivity index (χ3v) is 3.10. The molecule has 0 fully saturated rings. The number of hydrogen-bond donors (Lipinski definition) is 1.